The quantitative estimate of drug-likeness (QED) is 0.575. The number of hydrogen-bond donors (Lipinski definition) is 0. The minimum atomic E-state index is -0.533. The van der Waals surface area contributed by atoms with Crippen LogP contribution in [0.1, 0.15) is 11.1 Å². The molecule has 1 aliphatic heterocycles. The molecule has 1 aliphatic rings. The first-order valence-corrected chi connectivity index (χ1v) is 8.06. The van der Waals surface area contributed by atoms with Gasteiger partial charge in [0.1, 0.15) is 5.75 Å². The average Bonchev–Trinajstić information content (AvgIpc) is 3.07. The van der Waals surface area contributed by atoms with Gasteiger partial charge in [0.25, 0.3) is 0 Å². The van der Waals surface area contributed by atoms with Gasteiger partial charge in [-0.2, -0.15) is 0 Å². The lowest BCUT2D eigenvalue weighted by molar-refractivity contribution is -0.129. The number of ether oxygens (including phenoxy) is 5. The van der Waals surface area contributed by atoms with Crippen molar-refractivity contribution >= 4 is 17.9 Å². The molecule has 2 aromatic carbocycles. The zero-order valence-corrected chi connectivity index (χ0v) is 15.4. The van der Waals surface area contributed by atoms with Crippen LogP contribution in [-0.4, -0.2) is 40.3 Å². The molecule has 0 amide bonds. The van der Waals surface area contributed by atoms with Crippen LogP contribution >= 0.6 is 0 Å². The zero-order valence-electron chi connectivity index (χ0n) is 15.4. The Bertz CT molecular complexity index is 890. The van der Waals surface area contributed by atoms with Crippen LogP contribution in [0.4, 0.5) is 0 Å². The standard InChI is InChI=1S/C20H19NO6/c1-23-14-7-5-13(6-8-14)19-21-15(20(22)27-19)9-12-10-16(24-2)18(26-4)17(11-12)25-3/h5-11H,1-4H3. The largest absolute Gasteiger partial charge is 0.497 e. The molecule has 2 aromatic rings. The molecule has 7 heteroatoms. The molecule has 0 atom stereocenters. The molecule has 0 bridgehead atoms. The maximum absolute atomic E-state index is 12.2. The zero-order chi connectivity index (χ0) is 19.4. The second-order valence-electron chi connectivity index (χ2n) is 5.52. The summed E-state index contributed by atoms with van der Waals surface area (Å²) in [7, 11) is 6.16. The maximum atomic E-state index is 12.2. The topological polar surface area (TPSA) is 75.6 Å². The van der Waals surface area contributed by atoms with Crippen molar-refractivity contribution in [2.75, 3.05) is 28.4 Å². The molecule has 7 nitrogen and oxygen atoms in total. The molecule has 3 rings (SSSR count). The predicted octanol–water partition coefficient (Wildman–Crippen LogP) is 3.07. The fourth-order valence-corrected chi connectivity index (χ4v) is 2.61. The Kier molecular flexibility index (Phi) is 5.30. The number of aliphatic imine (C=N–C) groups is 1. The molecular weight excluding hydrogens is 350 g/mol. The highest BCUT2D eigenvalue weighted by Gasteiger charge is 2.24. The Morgan fingerprint density at radius 2 is 1.52 bits per heavy atom. The molecule has 0 saturated carbocycles. The summed E-state index contributed by atoms with van der Waals surface area (Å²) in [5.74, 6) is 1.84. The fourth-order valence-electron chi connectivity index (χ4n) is 2.61. The summed E-state index contributed by atoms with van der Waals surface area (Å²) in [5, 5.41) is 0. The predicted molar refractivity (Wildman–Crippen MR) is 99.7 cm³/mol. The lowest BCUT2D eigenvalue weighted by Gasteiger charge is -2.12. The molecular formula is C20H19NO6. The number of esters is 1. The molecule has 0 saturated heterocycles. The third kappa shape index (κ3) is 3.72. The van der Waals surface area contributed by atoms with Gasteiger partial charge < -0.3 is 23.7 Å². The number of cyclic esters (lactones) is 1. The van der Waals surface area contributed by atoms with Crippen LogP contribution < -0.4 is 18.9 Å². The summed E-state index contributed by atoms with van der Waals surface area (Å²) >= 11 is 0. The normalized spacial score (nSPS) is 14.6. The van der Waals surface area contributed by atoms with E-state index in [-0.39, 0.29) is 11.6 Å². The van der Waals surface area contributed by atoms with Crippen molar-refractivity contribution in [3.8, 4) is 23.0 Å². The summed E-state index contributed by atoms with van der Waals surface area (Å²) in [6.45, 7) is 0. The third-order valence-electron chi connectivity index (χ3n) is 3.95. The lowest BCUT2D eigenvalue weighted by Crippen LogP contribution is -2.05. The van der Waals surface area contributed by atoms with Gasteiger partial charge in [-0.15, -0.1) is 0 Å². The van der Waals surface area contributed by atoms with Gasteiger partial charge in [0.15, 0.2) is 17.2 Å². The monoisotopic (exact) mass is 369 g/mol. The molecule has 140 valence electrons. The van der Waals surface area contributed by atoms with Gasteiger partial charge in [-0.3, -0.25) is 0 Å². The van der Waals surface area contributed by atoms with Crippen molar-refractivity contribution in [1.82, 2.24) is 0 Å². The Hall–Kier alpha value is -3.48. The lowest BCUT2D eigenvalue weighted by atomic mass is 10.1. The van der Waals surface area contributed by atoms with Gasteiger partial charge >= 0.3 is 5.97 Å². The number of rotatable bonds is 6. The number of hydrogen-bond acceptors (Lipinski definition) is 7. The average molecular weight is 369 g/mol. The van der Waals surface area contributed by atoms with Crippen molar-refractivity contribution in [2.45, 2.75) is 0 Å². The van der Waals surface area contributed by atoms with Crippen molar-refractivity contribution in [2.24, 2.45) is 4.99 Å². The van der Waals surface area contributed by atoms with Crippen LogP contribution in [0, 0.1) is 0 Å². The second-order valence-corrected chi connectivity index (χ2v) is 5.52. The van der Waals surface area contributed by atoms with E-state index in [1.54, 1.807) is 49.6 Å². The highest BCUT2D eigenvalue weighted by molar-refractivity contribution is 6.12. The number of carbonyl (C=O) groups excluding carboxylic acids is 1. The maximum Gasteiger partial charge on any atom is 0.363 e. The van der Waals surface area contributed by atoms with E-state index in [4.69, 9.17) is 23.7 Å². The first-order chi connectivity index (χ1) is 13.1. The Labute approximate surface area is 156 Å². The van der Waals surface area contributed by atoms with Crippen molar-refractivity contribution < 1.29 is 28.5 Å². The Morgan fingerprint density at radius 3 is 2.04 bits per heavy atom. The number of carbonyl (C=O) groups is 1. The first kappa shape index (κ1) is 18.3. The van der Waals surface area contributed by atoms with Gasteiger partial charge in [0, 0.05) is 5.56 Å². The van der Waals surface area contributed by atoms with Crippen LogP contribution in [0.3, 0.4) is 0 Å². The Morgan fingerprint density at radius 1 is 0.889 bits per heavy atom. The minimum Gasteiger partial charge on any atom is -0.497 e. The van der Waals surface area contributed by atoms with Crippen LogP contribution in [-0.2, 0) is 9.53 Å². The van der Waals surface area contributed by atoms with E-state index in [0.717, 1.165) is 0 Å². The van der Waals surface area contributed by atoms with Crippen LogP contribution in [0.25, 0.3) is 6.08 Å². The van der Waals surface area contributed by atoms with Crippen LogP contribution in [0.15, 0.2) is 47.1 Å². The van der Waals surface area contributed by atoms with E-state index in [0.29, 0.717) is 34.1 Å². The second kappa shape index (κ2) is 7.82. The first-order valence-electron chi connectivity index (χ1n) is 8.06. The number of methoxy groups -OCH3 is 4. The highest BCUT2D eigenvalue weighted by atomic mass is 16.6. The molecule has 0 fully saturated rings. The van der Waals surface area contributed by atoms with E-state index in [2.05, 4.69) is 4.99 Å². The molecule has 0 N–H and O–H groups in total. The third-order valence-corrected chi connectivity index (χ3v) is 3.95. The van der Waals surface area contributed by atoms with E-state index in [9.17, 15) is 4.79 Å². The molecule has 0 radical (unpaired) electrons. The van der Waals surface area contributed by atoms with E-state index >= 15 is 0 Å². The molecule has 0 unspecified atom stereocenters. The summed E-state index contributed by atoms with van der Waals surface area (Å²) in [5.41, 5.74) is 1.52. The van der Waals surface area contributed by atoms with Crippen molar-refractivity contribution in [3.63, 3.8) is 0 Å². The molecule has 0 aromatic heterocycles. The molecule has 0 aliphatic carbocycles. The van der Waals surface area contributed by atoms with Gasteiger partial charge in [-0.25, -0.2) is 9.79 Å². The van der Waals surface area contributed by atoms with Crippen LogP contribution in [0.2, 0.25) is 0 Å². The summed E-state index contributed by atoms with van der Waals surface area (Å²) in [6, 6.07) is 10.5. The molecule has 1 heterocycles. The summed E-state index contributed by atoms with van der Waals surface area (Å²) < 4.78 is 26.3. The van der Waals surface area contributed by atoms with E-state index in [1.165, 1.54) is 21.3 Å². The van der Waals surface area contributed by atoms with Crippen LogP contribution in [0.5, 0.6) is 23.0 Å². The highest BCUT2D eigenvalue weighted by Crippen LogP contribution is 2.39. The van der Waals surface area contributed by atoms with Gasteiger partial charge in [-0.05, 0) is 48.0 Å². The van der Waals surface area contributed by atoms with Gasteiger partial charge in [0.05, 0.1) is 28.4 Å². The number of benzene rings is 2. The van der Waals surface area contributed by atoms with Gasteiger partial charge in [-0.1, -0.05) is 0 Å². The Balaban J connectivity index is 1.96. The SMILES string of the molecule is COc1ccc(C2=NC(=Cc3cc(OC)c(OC)c(OC)c3)C(=O)O2)cc1. The fraction of sp³-hybridized carbons (Fsp3) is 0.200. The summed E-state index contributed by atoms with van der Waals surface area (Å²) in [6.07, 6.45) is 1.60. The van der Waals surface area contributed by atoms with Crippen molar-refractivity contribution in [3.05, 3.63) is 53.2 Å². The van der Waals surface area contributed by atoms with E-state index < -0.39 is 5.97 Å². The number of nitrogens with zero attached hydrogens (tertiary/aromatic N) is 1. The van der Waals surface area contributed by atoms with Gasteiger partial charge in [0.2, 0.25) is 11.6 Å². The summed E-state index contributed by atoms with van der Waals surface area (Å²) in [4.78, 5) is 16.5. The molecule has 27 heavy (non-hydrogen) atoms. The van der Waals surface area contributed by atoms with E-state index in [1.807, 2.05) is 0 Å². The smallest absolute Gasteiger partial charge is 0.363 e. The van der Waals surface area contributed by atoms with Crippen molar-refractivity contribution in [1.29, 1.82) is 0 Å². The molecule has 0 spiro atoms. The minimum absolute atomic E-state index is 0.176.